The van der Waals surface area contributed by atoms with Crippen LogP contribution in [-0.2, 0) is 4.74 Å². The van der Waals surface area contributed by atoms with E-state index in [1.807, 2.05) is 12.1 Å². The second-order valence-electron chi connectivity index (χ2n) is 6.30. The number of hydrazine groups is 1. The lowest BCUT2D eigenvalue weighted by Gasteiger charge is -2.41. The van der Waals surface area contributed by atoms with E-state index in [-0.39, 0.29) is 11.6 Å². The maximum Gasteiger partial charge on any atom is 0.0686 e. The molecule has 2 aliphatic rings. The van der Waals surface area contributed by atoms with Crippen LogP contribution in [0.4, 0.5) is 0 Å². The summed E-state index contributed by atoms with van der Waals surface area (Å²) in [6, 6.07) is 6.06. The molecule has 2 fully saturated rings. The summed E-state index contributed by atoms with van der Waals surface area (Å²) in [5.41, 5.74) is 4.32. The first-order valence-corrected chi connectivity index (χ1v) is 8.86. The van der Waals surface area contributed by atoms with Crippen molar-refractivity contribution in [1.82, 2.24) is 5.43 Å². The highest BCUT2D eigenvalue weighted by molar-refractivity contribution is 9.10. The van der Waals surface area contributed by atoms with Gasteiger partial charge in [-0.05, 0) is 49.3 Å². The minimum absolute atomic E-state index is 0.108. The van der Waals surface area contributed by atoms with Crippen molar-refractivity contribution in [3.63, 3.8) is 0 Å². The lowest BCUT2D eigenvalue weighted by Crippen LogP contribution is -2.43. The molecule has 1 aromatic carbocycles. The van der Waals surface area contributed by atoms with E-state index in [2.05, 4.69) is 27.4 Å². The van der Waals surface area contributed by atoms with Crippen molar-refractivity contribution < 1.29 is 4.74 Å². The van der Waals surface area contributed by atoms with Crippen LogP contribution in [0.15, 0.2) is 22.7 Å². The van der Waals surface area contributed by atoms with Gasteiger partial charge in [0.25, 0.3) is 0 Å². The third-order valence-corrected chi connectivity index (χ3v) is 5.92. The zero-order valence-electron chi connectivity index (χ0n) is 12.1. The van der Waals surface area contributed by atoms with Gasteiger partial charge in [0.2, 0.25) is 0 Å². The minimum Gasteiger partial charge on any atom is -0.375 e. The van der Waals surface area contributed by atoms with Crippen molar-refractivity contribution in [2.75, 3.05) is 6.61 Å². The van der Waals surface area contributed by atoms with Crippen molar-refractivity contribution in [2.45, 2.75) is 50.2 Å². The molecule has 2 unspecified atom stereocenters. The van der Waals surface area contributed by atoms with Crippen LogP contribution in [-0.4, -0.2) is 12.2 Å². The molecule has 1 aliphatic carbocycles. The molecule has 5 heteroatoms. The van der Waals surface area contributed by atoms with Crippen LogP contribution in [0.1, 0.15) is 50.1 Å². The van der Waals surface area contributed by atoms with Gasteiger partial charge in [0, 0.05) is 16.1 Å². The second kappa shape index (κ2) is 6.55. The molecule has 1 spiro atoms. The van der Waals surface area contributed by atoms with Gasteiger partial charge in [-0.3, -0.25) is 11.3 Å². The summed E-state index contributed by atoms with van der Waals surface area (Å²) in [5, 5.41) is 0.737. The van der Waals surface area contributed by atoms with Gasteiger partial charge in [-0.15, -0.1) is 0 Å². The van der Waals surface area contributed by atoms with Crippen LogP contribution >= 0.6 is 27.5 Å². The van der Waals surface area contributed by atoms with Gasteiger partial charge < -0.3 is 4.74 Å². The summed E-state index contributed by atoms with van der Waals surface area (Å²) >= 11 is 9.67. The highest BCUT2D eigenvalue weighted by Crippen LogP contribution is 2.46. The zero-order chi connectivity index (χ0) is 14.9. The SMILES string of the molecule is NNC(c1ccc(Cl)cc1Br)C1CCOC2(CCCC2)C1. The Labute approximate surface area is 139 Å². The molecule has 1 heterocycles. The Hall–Kier alpha value is -0.130. The lowest BCUT2D eigenvalue weighted by molar-refractivity contribution is -0.0982. The predicted octanol–water partition coefficient (Wildman–Crippen LogP) is 4.35. The Morgan fingerprint density at radius 2 is 2.14 bits per heavy atom. The molecule has 21 heavy (non-hydrogen) atoms. The van der Waals surface area contributed by atoms with Crippen molar-refractivity contribution in [1.29, 1.82) is 0 Å². The van der Waals surface area contributed by atoms with E-state index in [0.29, 0.717) is 5.92 Å². The van der Waals surface area contributed by atoms with Crippen molar-refractivity contribution in [3.05, 3.63) is 33.3 Å². The summed E-state index contributed by atoms with van der Waals surface area (Å²) in [7, 11) is 0. The molecule has 116 valence electrons. The molecule has 3 nitrogen and oxygen atoms in total. The quantitative estimate of drug-likeness (QED) is 0.612. The number of nitrogens with one attached hydrogen (secondary N) is 1. The topological polar surface area (TPSA) is 47.3 Å². The number of rotatable bonds is 3. The third kappa shape index (κ3) is 3.30. The van der Waals surface area contributed by atoms with Crippen molar-refractivity contribution in [3.8, 4) is 0 Å². The van der Waals surface area contributed by atoms with Crippen molar-refractivity contribution in [2.24, 2.45) is 11.8 Å². The molecule has 1 aliphatic heterocycles. The van der Waals surface area contributed by atoms with E-state index in [0.717, 1.165) is 28.9 Å². The number of ether oxygens (including phenoxy) is 1. The first kappa shape index (κ1) is 15.8. The van der Waals surface area contributed by atoms with Crippen molar-refractivity contribution >= 4 is 27.5 Å². The number of nitrogens with two attached hydrogens (primary N) is 1. The molecule has 1 saturated carbocycles. The number of benzene rings is 1. The van der Waals surface area contributed by atoms with E-state index in [1.165, 1.54) is 31.2 Å². The molecule has 1 saturated heterocycles. The molecule has 3 rings (SSSR count). The fraction of sp³-hybridized carbons (Fsp3) is 0.625. The summed E-state index contributed by atoms with van der Waals surface area (Å²) in [6.07, 6.45) is 7.12. The van der Waals surface area contributed by atoms with Gasteiger partial charge in [0.1, 0.15) is 0 Å². The van der Waals surface area contributed by atoms with Gasteiger partial charge >= 0.3 is 0 Å². The Balaban J connectivity index is 1.82. The third-order valence-electron chi connectivity index (χ3n) is 4.99. The molecule has 0 amide bonds. The summed E-state index contributed by atoms with van der Waals surface area (Å²) in [5.74, 6) is 6.38. The fourth-order valence-electron chi connectivity index (χ4n) is 3.95. The van der Waals surface area contributed by atoms with Gasteiger partial charge in [-0.2, -0.15) is 0 Å². The highest BCUT2D eigenvalue weighted by Gasteiger charge is 2.42. The Bertz CT molecular complexity index is 505. The molecule has 1 aromatic rings. The summed E-state index contributed by atoms with van der Waals surface area (Å²) in [4.78, 5) is 0. The lowest BCUT2D eigenvalue weighted by atomic mass is 9.79. The van der Waals surface area contributed by atoms with E-state index in [9.17, 15) is 0 Å². The molecule has 0 aromatic heterocycles. The first-order chi connectivity index (χ1) is 10.1. The Morgan fingerprint density at radius 1 is 1.38 bits per heavy atom. The van der Waals surface area contributed by atoms with Crippen LogP contribution in [0.3, 0.4) is 0 Å². The monoisotopic (exact) mass is 372 g/mol. The minimum atomic E-state index is 0.108. The van der Waals surface area contributed by atoms with Crippen LogP contribution in [0.5, 0.6) is 0 Å². The van der Waals surface area contributed by atoms with Crippen LogP contribution in [0.25, 0.3) is 0 Å². The van der Waals surface area contributed by atoms with Gasteiger partial charge in [-0.25, -0.2) is 0 Å². The van der Waals surface area contributed by atoms with E-state index < -0.39 is 0 Å². The van der Waals surface area contributed by atoms with E-state index in [1.54, 1.807) is 0 Å². The average molecular weight is 374 g/mol. The Morgan fingerprint density at radius 3 is 2.81 bits per heavy atom. The van der Waals surface area contributed by atoms with E-state index in [4.69, 9.17) is 22.2 Å². The maximum absolute atomic E-state index is 6.14. The largest absolute Gasteiger partial charge is 0.375 e. The van der Waals surface area contributed by atoms with Crippen LogP contribution < -0.4 is 11.3 Å². The van der Waals surface area contributed by atoms with Crippen LogP contribution in [0, 0.1) is 5.92 Å². The van der Waals surface area contributed by atoms with Gasteiger partial charge in [0.05, 0.1) is 11.6 Å². The van der Waals surface area contributed by atoms with Gasteiger partial charge in [0.15, 0.2) is 0 Å². The molecule has 2 atom stereocenters. The number of hydrogen-bond donors (Lipinski definition) is 2. The van der Waals surface area contributed by atoms with E-state index >= 15 is 0 Å². The molecular formula is C16H22BrClN2O. The normalized spacial score (nSPS) is 26.1. The molecule has 0 bridgehead atoms. The fourth-order valence-corrected chi connectivity index (χ4v) is 4.88. The zero-order valence-corrected chi connectivity index (χ0v) is 14.4. The smallest absolute Gasteiger partial charge is 0.0686 e. The van der Waals surface area contributed by atoms with Crippen LogP contribution in [0.2, 0.25) is 5.02 Å². The average Bonchev–Trinajstić information content (AvgIpc) is 2.90. The first-order valence-electron chi connectivity index (χ1n) is 7.69. The predicted molar refractivity (Wildman–Crippen MR) is 89.1 cm³/mol. The molecule has 3 N–H and O–H groups in total. The summed E-state index contributed by atoms with van der Waals surface area (Å²) < 4.78 is 7.15. The highest BCUT2D eigenvalue weighted by atomic mass is 79.9. The standard InChI is InChI=1S/C16H22BrClN2O/c17-14-9-12(18)3-4-13(14)15(20-19)11-5-8-21-16(10-11)6-1-2-7-16/h3-4,9,11,15,20H,1-2,5-8,10,19H2. The number of hydrogen-bond acceptors (Lipinski definition) is 3. The Kier molecular flexibility index (Phi) is 4.91. The summed E-state index contributed by atoms with van der Waals surface area (Å²) in [6.45, 7) is 0.841. The second-order valence-corrected chi connectivity index (χ2v) is 7.59. The molecular weight excluding hydrogens is 352 g/mol. The number of halogens is 2. The molecule has 0 radical (unpaired) electrons. The van der Waals surface area contributed by atoms with Gasteiger partial charge in [-0.1, -0.05) is 46.4 Å². The maximum atomic E-state index is 6.14.